The molecule has 0 bridgehead atoms. The largest absolute Gasteiger partial charge is 0.237 e. The van der Waals surface area contributed by atoms with Gasteiger partial charge < -0.3 is 0 Å². The molecule has 76 valence electrons. The molecule has 1 aromatic rings. The Labute approximate surface area is 103 Å². The molecular formula is C10H12ClIN2. The molecule has 2 nitrogen and oxygen atoms in total. The molecule has 14 heavy (non-hydrogen) atoms. The Morgan fingerprint density at radius 2 is 2.14 bits per heavy atom. The Morgan fingerprint density at radius 3 is 2.64 bits per heavy atom. The second-order valence-electron chi connectivity index (χ2n) is 3.83. The molecule has 1 saturated carbocycles. The minimum absolute atomic E-state index is 0.604. The molecule has 4 heteroatoms. The zero-order valence-corrected chi connectivity index (χ0v) is 11.0. The first-order valence-corrected chi connectivity index (χ1v) is 6.31. The second kappa shape index (κ2) is 4.31. The average molecular weight is 323 g/mol. The Bertz CT molecular complexity index is 327. The van der Waals surface area contributed by atoms with Crippen molar-refractivity contribution in [2.75, 3.05) is 0 Å². The van der Waals surface area contributed by atoms with Gasteiger partial charge in [0.05, 0.1) is 9.26 Å². The molecule has 0 aromatic carbocycles. The molecule has 1 aliphatic carbocycles. The number of aromatic nitrogens is 2. The van der Waals surface area contributed by atoms with Gasteiger partial charge in [0.25, 0.3) is 0 Å². The molecule has 0 atom stereocenters. The molecular weight excluding hydrogens is 310 g/mol. The predicted octanol–water partition coefficient (Wildman–Crippen LogP) is 3.39. The van der Waals surface area contributed by atoms with E-state index in [1.54, 1.807) is 0 Å². The normalized spacial score (nSPS) is 16.8. The zero-order chi connectivity index (χ0) is 10.1. The standard InChI is InChI=1S/C10H12ClIN2/c1-6-9(12)10(11)14-8(13-6)5-7-3-2-4-7/h7H,2-5H2,1H3. The van der Waals surface area contributed by atoms with Gasteiger partial charge in [-0.1, -0.05) is 30.9 Å². The van der Waals surface area contributed by atoms with Crippen LogP contribution in [0.1, 0.15) is 30.8 Å². The van der Waals surface area contributed by atoms with Crippen molar-refractivity contribution in [3.8, 4) is 0 Å². The molecule has 1 heterocycles. The van der Waals surface area contributed by atoms with Crippen LogP contribution in [0.5, 0.6) is 0 Å². The lowest BCUT2D eigenvalue weighted by Gasteiger charge is -2.24. The van der Waals surface area contributed by atoms with Gasteiger partial charge in [-0.25, -0.2) is 9.97 Å². The highest BCUT2D eigenvalue weighted by Crippen LogP contribution is 2.29. The van der Waals surface area contributed by atoms with E-state index in [0.29, 0.717) is 5.15 Å². The molecule has 0 radical (unpaired) electrons. The van der Waals surface area contributed by atoms with Crippen molar-refractivity contribution in [3.63, 3.8) is 0 Å². The second-order valence-corrected chi connectivity index (χ2v) is 5.27. The van der Waals surface area contributed by atoms with E-state index < -0.39 is 0 Å². The highest BCUT2D eigenvalue weighted by molar-refractivity contribution is 14.1. The van der Waals surface area contributed by atoms with Crippen LogP contribution in [-0.4, -0.2) is 9.97 Å². The van der Waals surface area contributed by atoms with Gasteiger partial charge in [0, 0.05) is 6.42 Å². The van der Waals surface area contributed by atoms with E-state index in [0.717, 1.165) is 27.4 Å². The van der Waals surface area contributed by atoms with Gasteiger partial charge >= 0.3 is 0 Å². The van der Waals surface area contributed by atoms with E-state index in [-0.39, 0.29) is 0 Å². The SMILES string of the molecule is Cc1nc(CC2CCC2)nc(Cl)c1I. The van der Waals surface area contributed by atoms with Crippen molar-refractivity contribution in [2.45, 2.75) is 32.6 Å². The van der Waals surface area contributed by atoms with E-state index >= 15 is 0 Å². The van der Waals surface area contributed by atoms with Crippen molar-refractivity contribution in [2.24, 2.45) is 5.92 Å². The summed E-state index contributed by atoms with van der Waals surface area (Å²) >= 11 is 8.19. The van der Waals surface area contributed by atoms with Crippen LogP contribution in [0.25, 0.3) is 0 Å². The summed E-state index contributed by atoms with van der Waals surface area (Å²) in [5.41, 5.74) is 1.000. The molecule has 2 rings (SSSR count). The van der Waals surface area contributed by atoms with Crippen LogP contribution in [0.15, 0.2) is 0 Å². The fourth-order valence-corrected chi connectivity index (χ4v) is 2.10. The van der Waals surface area contributed by atoms with Gasteiger partial charge in [-0.3, -0.25) is 0 Å². The van der Waals surface area contributed by atoms with Crippen molar-refractivity contribution >= 4 is 34.2 Å². The van der Waals surface area contributed by atoms with E-state index in [4.69, 9.17) is 11.6 Å². The number of rotatable bonds is 2. The topological polar surface area (TPSA) is 25.8 Å². The van der Waals surface area contributed by atoms with E-state index in [9.17, 15) is 0 Å². The Balaban J connectivity index is 2.17. The van der Waals surface area contributed by atoms with Crippen molar-refractivity contribution in [3.05, 3.63) is 20.2 Å². The average Bonchev–Trinajstić information content (AvgIpc) is 2.07. The van der Waals surface area contributed by atoms with Crippen LogP contribution in [0.2, 0.25) is 5.15 Å². The van der Waals surface area contributed by atoms with Crippen molar-refractivity contribution in [1.82, 2.24) is 9.97 Å². The maximum absolute atomic E-state index is 6.01. The Kier molecular flexibility index (Phi) is 3.27. The minimum atomic E-state index is 0.604. The third kappa shape index (κ3) is 2.19. The monoisotopic (exact) mass is 322 g/mol. The summed E-state index contributed by atoms with van der Waals surface area (Å²) in [5.74, 6) is 1.71. The number of hydrogen-bond acceptors (Lipinski definition) is 2. The first-order valence-electron chi connectivity index (χ1n) is 4.85. The van der Waals surface area contributed by atoms with Gasteiger partial charge in [-0.2, -0.15) is 0 Å². The number of aryl methyl sites for hydroxylation is 1. The molecule has 1 aliphatic rings. The van der Waals surface area contributed by atoms with Crippen LogP contribution < -0.4 is 0 Å². The molecule has 1 fully saturated rings. The van der Waals surface area contributed by atoms with Gasteiger partial charge in [0.1, 0.15) is 11.0 Å². The quantitative estimate of drug-likeness (QED) is 0.616. The number of hydrogen-bond donors (Lipinski definition) is 0. The van der Waals surface area contributed by atoms with Crippen LogP contribution in [-0.2, 0) is 6.42 Å². The van der Waals surface area contributed by atoms with Crippen LogP contribution in [0.3, 0.4) is 0 Å². The summed E-state index contributed by atoms with van der Waals surface area (Å²) in [6.07, 6.45) is 5.01. The third-order valence-electron chi connectivity index (χ3n) is 2.72. The Hall–Kier alpha value is 0.100. The first-order chi connectivity index (χ1) is 6.66. The minimum Gasteiger partial charge on any atom is -0.237 e. The third-order valence-corrected chi connectivity index (χ3v) is 4.60. The Morgan fingerprint density at radius 1 is 1.43 bits per heavy atom. The number of halogens is 2. The summed E-state index contributed by atoms with van der Waals surface area (Å²) in [6, 6.07) is 0. The van der Waals surface area contributed by atoms with Gasteiger partial charge in [0.2, 0.25) is 0 Å². The summed E-state index contributed by atoms with van der Waals surface area (Å²) in [5, 5.41) is 0.604. The number of nitrogens with zero attached hydrogens (tertiary/aromatic N) is 2. The highest BCUT2D eigenvalue weighted by Gasteiger charge is 2.19. The fourth-order valence-electron chi connectivity index (χ4n) is 1.63. The maximum atomic E-state index is 6.01. The summed E-state index contributed by atoms with van der Waals surface area (Å²) in [4.78, 5) is 8.75. The zero-order valence-electron chi connectivity index (χ0n) is 8.06. The smallest absolute Gasteiger partial charge is 0.146 e. The van der Waals surface area contributed by atoms with Crippen LogP contribution in [0.4, 0.5) is 0 Å². The maximum Gasteiger partial charge on any atom is 0.146 e. The van der Waals surface area contributed by atoms with Gasteiger partial charge in [0.15, 0.2) is 0 Å². The molecule has 0 spiro atoms. The summed E-state index contributed by atoms with van der Waals surface area (Å²) in [7, 11) is 0. The molecule has 1 aromatic heterocycles. The van der Waals surface area contributed by atoms with E-state index in [2.05, 4.69) is 32.6 Å². The lowest BCUT2D eigenvalue weighted by Crippen LogP contribution is -2.16. The molecule has 0 unspecified atom stereocenters. The highest BCUT2D eigenvalue weighted by atomic mass is 127. The summed E-state index contributed by atoms with van der Waals surface area (Å²) < 4.78 is 0.974. The van der Waals surface area contributed by atoms with E-state index in [1.165, 1.54) is 19.3 Å². The summed E-state index contributed by atoms with van der Waals surface area (Å²) in [6.45, 7) is 1.99. The predicted molar refractivity (Wildman–Crippen MR) is 65.5 cm³/mol. The molecule has 0 saturated heterocycles. The molecule has 0 amide bonds. The van der Waals surface area contributed by atoms with Crippen molar-refractivity contribution in [1.29, 1.82) is 0 Å². The van der Waals surface area contributed by atoms with Gasteiger partial charge in [-0.05, 0) is 35.4 Å². The van der Waals surface area contributed by atoms with Crippen LogP contribution >= 0.6 is 34.2 Å². The molecule has 0 aliphatic heterocycles. The van der Waals surface area contributed by atoms with Gasteiger partial charge in [-0.15, -0.1) is 0 Å². The fraction of sp³-hybridized carbons (Fsp3) is 0.600. The van der Waals surface area contributed by atoms with E-state index in [1.807, 2.05) is 6.92 Å². The van der Waals surface area contributed by atoms with Crippen molar-refractivity contribution < 1.29 is 0 Å². The first kappa shape index (κ1) is 10.6. The lowest BCUT2D eigenvalue weighted by atomic mass is 9.83. The lowest BCUT2D eigenvalue weighted by molar-refractivity contribution is 0.309. The molecule has 0 N–H and O–H groups in total. The van der Waals surface area contributed by atoms with Crippen LogP contribution in [0, 0.1) is 16.4 Å².